The predicted octanol–water partition coefficient (Wildman–Crippen LogP) is 1.16. The smallest absolute Gasteiger partial charge is 0.242 e. The Morgan fingerprint density at radius 2 is 2.06 bits per heavy atom. The number of amides is 2. The molecule has 0 aromatic rings. The first-order chi connectivity index (χ1) is 8.58. The van der Waals surface area contributed by atoms with Crippen molar-refractivity contribution in [3.05, 3.63) is 0 Å². The molecule has 4 nitrogen and oxygen atoms in total. The summed E-state index contributed by atoms with van der Waals surface area (Å²) in [4.78, 5) is 25.6. The summed E-state index contributed by atoms with van der Waals surface area (Å²) in [6.45, 7) is 4.16. The molecule has 2 bridgehead atoms. The third-order valence-electron chi connectivity index (χ3n) is 5.35. The molecule has 3 fully saturated rings. The van der Waals surface area contributed by atoms with Crippen molar-refractivity contribution >= 4 is 11.8 Å². The Bertz CT molecular complexity index is 382. The molecule has 18 heavy (non-hydrogen) atoms. The molecular weight excluding hydrogens is 228 g/mol. The van der Waals surface area contributed by atoms with E-state index in [0.717, 1.165) is 11.8 Å². The van der Waals surface area contributed by atoms with E-state index < -0.39 is 0 Å². The van der Waals surface area contributed by atoms with Crippen LogP contribution in [0.2, 0.25) is 0 Å². The highest BCUT2D eigenvalue weighted by Crippen LogP contribution is 2.50. The molecule has 1 saturated heterocycles. The SMILES string of the molecule is CC1C(=O)NCC(=O)N1C(C)C1CC2CCC1C2. The zero-order valence-corrected chi connectivity index (χ0v) is 11.2. The van der Waals surface area contributed by atoms with Gasteiger partial charge in [0.05, 0.1) is 6.54 Å². The van der Waals surface area contributed by atoms with Gasteiger partial charge in [-0.1, -0.05) is 6.42 Å². The number of nitrogens with zero attached hydrogens (tertiary/aromatic N) is 1. The Labute approximate surface area is 108 Å². The lowest BCUT2D eigenvalue weighted by atomic mass is 9.82. The first kappa shape index (κ1) is 12.0. The van der Waals surface area contributed by atoms with Crippen LogP contribution in [-0.4, -0.2) is 35.3 Å². The molecule has 3 aliphatic rings. The Morgan fingerprint density at radius 1 is 1.28 bits per heavy atom. The largest absolute Gasteiger partial charge is 0.345 e. The molecule has 2 amide bonds. The van der Waals surface area contributed by atoms with Crippen LogP contribution in [0.4, 0.5) is 0 Å². The Kier molecular flexibility index (Phi) is 2.83. The fraction of sp³-hybridized carbons (Fsp3) is 0.857. The van der Waals surface area contributed by atoms with E-state index in [0.29, 0.717) is 5.92 Å². The van der Waals surface area contributed by atoms with Gasteiger partial charge in [-0.25, -0.2) is 0 Å². The lowest BCUT2D eigenvalue weighted by Gasteiger charge is -2.42. The summed E-state index contributed by atoms with van der Waals surface area (Å²) in [5.41, 5.74) is 0. The highest BCUT2D eigenvalue weighted by atomic mass is 16.2. The van der Waals surface area contributed by atoms with Gasteiger partial charge in [0.25, 0.3) is 0 Å². The first-order valence-corrected chi connectivity index (χ1v) is 7.16. The predicted molar refractivity (Wildman–Crippen MR) is 67.7 cm³/mol. The molecule has 100 valence electrons. The molecule has 1 aliphatic heterocycles. The van der Waals surface area contributed by atoms with Gasteiger partial charge in [0, 0.05) is 6.04 Å². The maximum Gasteiger partial charge on any atom is 0.242 e. The lowest BCUT2D eigenvalue weighted by molar-refractivity contribution is -0.148. The molecule has 1 heterocycles. The molecule has 5 atom stereocenters. The number of rotatable bonds is 2. The van der Waals surface area contributed by atoms with Crippen LogP contribution >= 0.6 is 0 Å². The number of hydrogen-bond acceptors (Lipinski definition) is 2. The molecule has 2 saturated carbocycles. The van der Waals surface area contributed by atoms with Crippen molar-refractivity contribution in [3.8, 4) is 0 Å². The quantitative estimate of drug-likeness (QED) is 0.799. The Hall–Kier alpha value is -1.06. The molecule has 3 rings (SSSR count). The molecule has 5 unspecified atom stereocenters. The highest BCUT2D eigenvalue weighted by molar-refractivity contribution is 5.94. The second-order valence-corrected chi connectivity index (χ2v) is 6.27. The Morgan fingerprint density at radius 3 is 2.67 bits per heavy atom. The molecule has 0 aromatic heterocycles. The second kappa shape index (κ2) is 4.25. The summed E-state index contributed by atoms with van der Waals surface area (Å²) >= 11 is 0. The van der Waals surface area contributed by atoms with Gasteiger partial charge < -0.3 is 10.2 Å². The fourth-order valence-electron chi connectivity index (χ4n) is 4.41. The van der Waals surface area contributed by atoms with Crippen molar-refractivity contribution in [2.45, 2.75) is 51.6 Å². The van der Waals surface area contributed by atoms with Crippen LogP contribution in [-0.2, 0) is 9.59 Å². The topological polar surface area (TPSA) is 49.4 Å². The minimum absolute atomic E-state index is 0.00962. The fourth-order valence-corrected chi connectivity index (χ4v) is 4.41. The first-order valence-electron chi connectivity index (χ1n) is 7.16. The molecule has 1 N–H and O–H groups in total. The van der Waals surface area contributed by atoms with Crippen molar-refractivity contribution < 1.29 is 9.59 Å². The van der Waals surface area contributed by atoms with Crippen molar-refractivity contribution in [3.63, 3.8) is 0 Å². The van der Waals surface area contributed by atoms with Crippen molar-refractivity contribution in [1.29, 1.82) is 0 Å². The van der Waals surface area contributed by atoms with Crippen LogP contribution < -0.4 is 5.32 Å². The minimum atomic E-state index is -0.305. The third-order valence-corrected chi connectivity index (χ3v) is 5.35. The number of hydrogen-bond donors (Lipinski definition) is 1. The second-order valence-electron chi connectivity index (χ2n) is 6.27. The number of carbonyl (C=O) groups is 2. The summed E-state index contributed by atoms with van der Waals surface area (Å²) < 4.78 is 0. The van der Waals surface area contributed by atoms with Gasteiger partial charge in [0.2, 0.25) is 11.8 Å². The van der Waals surface area contributed by atoms with E-state index in [1.54, 1.807) is 0 Å². The molecule has 0 radical (unpaired) electrons. The van der Waals surface area contributed by atoms with E-state index >= 15 is 0 Å². The van der Waals surface area contributed by atoms with Gasteiger partial charge in [-0.3, -0.25) is 9.59 Å². The molecular formula is C14H22N2O2. The van der Waals surface area contributed by atoms with E-state index in [2.05, 4.69) is 12.2 Å². The normalized spacial score (nSPS) is 41.1. The number of nitrogens with one attached hydrogen (secondary N) is 1. The summed E-state index contributed by atoms with van der Waals surface area (Å²) in [7, 11) is 0. The van der Waals surface area contributed by atoms with E-state index in [4.69, 9.17) is 0 Å². The average molecular weight is 250 g/mol. The summed E-state index contributed by atoms with van der Waals surface area (Å²) in [5, 5.41) is 2.66. The van der Waals surface area contributed by atoms with Gasteiger partial charge in [-0.05, 0) is 50.9 Å². The third kappa shape index (κ3) is 1.73. The van der Waals surface area contributed by atoms with Crippen LogP contribution in [0.3, 0.4) is 0 Å². The van der Waals surface area contributed by atoms with E-state index in [1.807, 2.05) is 11.8 Å². The van der Waals surface area contributed by atoms with Gasteiger partial charge >= 0.3 is 0 Å². The standard InChI is InChI=1S/C14H22N2O2/c1-8(12-6-10-3-4-11(12)5-10)16-9(2)14(18)15-7-13(16)17/h8-12H,3-7H2,1-2H3,(H,15,18). The summed E-state index contributed by atoms with van der Waals surface area (Å²) in [6, 6.07) is -0.0887. The molecule has 0 aromatic carbocycles. The zero-order valence-electron chi connectivity index (χ0n) is 11.2. The van der Waals surface area contributed by atoms with Gasteiger partial charge in [0.1, 0.15) is 6.04 Å². The average Bonchev–Trinajstić information content (AvgIpc) is 2.96. The Balaban J connectivity index is 1.76. The molecule has 4 heteroatoms. The van der Waals surface area contributed by atoms with Crippen molar-refractivity contribution in [2.75, 3.05) is 6.54 Å². The van der Waals surface area contributed by atoms with E-state index in [-0.39, 0.29) is 30.4 Å². The maximum atomic E-state index is 12.1. The summed E-state index contributed by atoms with van der Waals surface area (Å²) in [6.07, 6.45) is 5.29. The minimum Gasteiger partial charge on any atom is -0.345 e. The van der Waals surface area contributed by atoms with E-state index in [9.17, 15) is 9.59 Å². The van der Waals surface area contributed by atoms with Crippen molar-refractivity contribution in [1.82, 2.24) is 10.2 Å². The summed E-state index contributed by atoms with van der Waals surface area (Å²) in [5.74, 6) is 2.35. The highest BCUT2D eigenvalue weighted by Gasteiger charge is 2.46. The van der Waals surface area contributed by atoms with Crippen LogP contribution in [0.15, 0.2) is 0 Å². The van der Waals surface area contributed by atoms with Gasteiger partial charge in [-0.2, -0.15) is 0 Å². The van der Waals surface area contributed by atoms with E-state index in [1.165, 1.54) is 25.7 Å². The number of fused-ring (bicyclic) bond motifs is 2. The van der Waals surface area contributed by atoms with Crippen LogP contribution in [0, 0.1) is 17.8 Å². The molecule has 0 spiro atoms. The monoisotopic (exact) mass is 250 g/mol. The lowest BCUT2D eigenvalue weighted by Crippen LogP contribution is -2.61. The number of piperazine rings is 1. The zero-order chi connectivity index (χ0) is 12.9. The molecule has 2 aliphatic carbocycles. The van der Waals surface area contributed by atoms with Crippen molar-refractivity contribution in [2.24, 2.45) is 17.8 Å². The van der Waals surface area contributed by atoms with Crippen LogP contribution in [0.25, 0.3) is 0 Å². The van der Waals surface area contributed by atoms with Crippen LogP contribution in [0.1, 0.15) is 39.5 Å². The van der Waals surface area contributed by atoms with Crippen LogP contribution in [0.5, 0.6) is 0 Å². The maximum absolute atomic E-state index is 12.1. The number of carbonyl (C=O) groups excluding carboxylic acids is 2. The van der Waals surface area contributed by atoms with Gasteiger partial charge in [-0.15, -0.1) is 0 Å². The van der Waals surface area contributed by atoms with Gasteiger partial charge in [0.15, 0.2) is 0 Å².